The predicted octanol–water partition coefficient (Wildman–Crippen LogP) is 2.28. The van der Waals surface area contributed by atoms with Gasteiger partial charge in [0, 0.05) is 6.07 Å². The molecule has 0 aliphatic carbocycles. The van der Waals surface area contributed by atoms with E-state index in [-0.39, 0.29) is 11.6 Å². The molecule has 0 radical (unpaired) electrons. The number of benzene rings is 1. The molecule has 1 atom stereocenters. The summed E-state index contributed by atoms with van der Waals surface area (Å²) in [5.41, 5.74) is 5.58. The standard InChI is InChI=1S/C12H16F2N2O/c1-7(2)5-10(15)12(17)16-11-4-3-8(13)6-9(11)14/h3-4,6-7,10H,5,15H2,1-2H3,(H,16,17)/t10-/m1/s1. The van der Waals surface area contributed by atoms with Gasteiger partial charge in [-0.05, 0) is 24.5 Å². The summed E-state index contributed by atoms with van der Waals surface area (Å²) in [5.74, 6) is -1.69. The molecule has 1 rings (SSSR count). The second-order valence-corrected chi connectivity index (χ2v) is 4.35. The van der Waals surface area contributed by atoms with Gasteiger partial charge in [0.2, 0.25) is 5.91 Å². The first-order valence-corrected chi connectivity index (χ1v) is 5.41. The minimum Gasteiger partial charge on any atom is -0.322 e. The Morgan fingerprint density at radius 2 is 2.06 bits per heavy atom. The number of halogens is 2. The first-order chi connectivity index (χ1) is 7.90. The monoisotopic (exact) mass is 242 g/mol. The van der Waals surface area contributed by atoms with E-state index in [1.54, 1.807) is 0 Å². The second kappa shape index (κ2) is 5.72. The molecule has 1 amide bonds. The number of rotatable bonds is 4. The maximum absolute atomic E-state index is 13.2. The first-order valence-electron chi connectivity index (χ1n) is 5.41. The molecule has 0 saturated heterocycles. The summed E-state index contributed by atoms with van der Waals surface area (Å²) in [6.45, 7) is 3.87. The van der Waals surface area contributed by atoms with Crippen LogP contribution in [0.4, 0.5) is 14.5 Å². The number of nitrogens with two attached hydrogens (primary N) is 1. The van der Waals surface area contributed by atoms with Crippen LogP contribution in [-0.2, 0) is 4.79 Å². The van der Waals surface area contributed by atoms with E-state index < -0.39 is 23.6 Å². The number of hydrogen-bond acceptors (Lipinski definition) is 2. The molecule has 94 valence electrons. The van der Waals surface area contributed by atoms with Gasteiger partial charge in [0.15, 0.2) is 0 Å². The Kier molecular flexibility index (Phi) is 4.57. The van der Waals surface area contributed by atoms with Crippen LogP contribution in [0.5, 0.6) is 0 Å². The molecule has 0 aliphatic rings. The molecular formula is C12H16F2N2O. The summed E-state index contributed by atoms with van der Waals surface area (Å²) in [6, 6.07) is 2.26. The average Bonchev–Trinajstić information content (AvgIpc) is 2.21. The van der Waals surface area contributed by atoms with Crippen LogP contribution in [0.15, 0.2) is 18.2 Å². The van der Waals surface area contributed by atoms with Crippen molar-refractivity contribution >= 4 is 11.6 Å². The van der Waals surface area contributed by atoms with Crippen LogP contribution in [0.1, 0.15) is 20.3 Å². The van der Waals surface area contributed by atoms with Crippen molar-refractivity contribution in [1.29, 1.82) is 0 Å². The lowest BCUT2D eigenvalue weighted by Crippen LogP contribution is -2.36. The van der Waals surface area contributed by atoms with Gasteiger partial charge in [0.05, 0.1) is 11.7 Å². The summed E-state index contributed by atoms with van der Waals surface area (Å²) in [6.07, 6.45) is 0.509. The van der Waals surface area contributed by atoms with Crippen molar-refractivity contribution in [3.05, 3.63) is 29.8 Å². The number of hydrogen-bond donors (Lipinski definition) is 2. The summed E-state index contributed by atoms with van der Waals surface area (Å²) in [5, 5.41) is 2.34. The van der Waals surface area contributed by atoms with Gasteiger partial charge in [-0.2, -0.15) is 0 Å². The topological polar surface area (TPSA) is 55.1 Å². The molecule has 0 saturated carbocycles. The Morgan fingerprint density at radius 1 is 1.41 bits per heavy atom. The molecule has 3 N–H and O–H groups in total. The molecule has 0 fully saturated rings. The molecule has 0 spiro atoms. The molecule has 0 bridgehead atoms. The van der Waals surface area contributed by atoms with E-state index in [0.29, 0.717) is 12.5 Å². The first kappa shape index (κ1) is 13.6. The summed E-state index contributed by atoms with van der Waals surface area (Å²) >= 11 is 0. The predicted molar refractivity (Wildman–Crippen MR) is 62.4 cm³/mol. The van der Waals surface area contributed by atoms with Crippen LogP contribution in [0, 0.1) is 17.6 Å². The molecule has 0 unspecified atom stereocenters. The molecule has 17 heavy (non-hydrogen) atoms. The van der Waals surface area contributed by atoms with E-state index in [1.807, 2.05) is 13.8 Å². The van der Waals surface area contributed by atoms with Crippen molar-refractivity contribution in [3.8, 4) is 0 Å². The highest BCUT2D eigenvalue weighted by molar-refractivity contribution is 5.94. The van der Waals surface area contributed by atoms with Gasteiger partial charge in [0.1, 0.15) is 11.6 Å². The maximum Gasteiger partial charge on any atom is 0.241 e. The fraction of sp³-hybridized carbons (Fsp3) is 0.417. The number of nitrogens with one attached hydrogen (secondary N) is 1. The molecule has 0 aliphatic heterocycles. The minimum absolute atomic E-state index is 0.0596. The highest BCUT2D eigenvalue weighted by atomic mass is 19.1. The van der Waals surface area contributed by atoms with Gasteiger partial charge >= 0.3 is 0 Å². The second-order valence-electron chi connectivity index (χ2n) is 4.35. The van der Waals surface area contributed by atoms with Crippen molar-refractivity contribution in [2.45, 2.75) is 26.3 Å². The van der Waals surface area contributed by atoms with Crippen LogP contribution >= 0.6 is 0 Å². The molecule has 1 aromatic rings. The van der Waals surface area contributed by atoms with Crippen LogP contribution in [-0.4, -0.2) is 11.9 Å². The molecule has 5 heteroatoms. The normalized spacial score (nSPS) is 12.6. The van der Waals surface area contributed by atoms with E-state index in [9.17, 15) is 13.6 Å². The number of carbonyl (C=O) groups is 1. The van der Waals surface area contributed by atoms with Crippen LogP contribution in [0.2, 0.25) is 0 Å². The van der Waals surface area contributed by atoms with Crippen molar-refractivity contribution in [1.82, 2.24) is 0 Å². The van der Waals surface area contributed by atoms with E-state index in [0.717, 1.165) is 6.07 Å². The highest BCUT2D eigenvalue weighted by Crippen LogP contribution is 2.15. The van der Waals surface area contributed by atoms with Crippen LogP contribution in [0.3, 0.4) is 0 Å². The average molecular weight is 242 g/mol. The van der Waals surface area contributed by atoms with Crippen molar-refractivity contribution in [2.75, 3.05) is 5.32 Å². The van der Waals surface area contributed by atoms with Crippen molar-refractivity contribution in [3.63, 3.8) is 0 Å². The van der Waals surface area contributed by atoms with Gasteiger partial charge in [-0.3, -0.25) is 4.79 Å². The van der Waals surface area contributed by atoms with E-state index in [2.05, 4.69) is 5.32 Å². The smallest absolute Gasteiger partial charge is 0.241 e. The molecule has 3 nitrogen and oxygen atoms in total. The zero-order valence-electron chi connectivity index (χ0n) is 9.84. The highest BCUT2D eigenvalue weighted by Gasteiger charge is 2.16. The van der Waals surface area contributed by atoms with Gasteiger partial charge in [-0.1, -0.05) is 13.8 Å². The van der Waals surface area contributed by atoms with Crippen molar-refractivity contribution < 1.29 is 13.6 Å². The lowest BCUT2D eigenvalue weighted by atomic mass is 10.0. The zero-order valence-corrected chi connectivity index (χ0v) is 9.84. The van der Waals surface area contributed by atoms with E-state index >= 15 is 0 Å². The van der Waals surface area contributed by atoms with Gasteiger partial charge < -0.3 is 11.1 Å². The Hall–Kier alpha value is -1.49. The lowest BCUT2D eigenvalue weighted by Gasteiger charge is -2.14. The maximum atomic E-state index is 13.2. The Balaban J connectivity index is 2.67. The third-order valence-electron chi connectivity index (χ3n) is 2.25. The third kappa shape index (κ3) is 4.11. The fourth-order valence-electron chi connectivity index (χ4n) is 1.43. The molecule has 0 aromatic heterocycles. The Labute approximate surface area is 99.0 Å². The van der Waals surface area contributed by atoms with Crippen LogP contribution in [0.25, 0.3) is 0 Å². The zero-order chi connectivity index (χ0) is 13.0. The Morgan fingerprint density at radius 3 is 2.59 bits per heavy atom. The molecule has 0 heterocycles. The largest absolute Gasteiger partial charge is 0.322 e. The van der Waals surface area contributed by atoms with Gasteiger partial charge in [-0.15, -0.1) is 0 Å². The van der Waals surface area contributed by atoms with Crippen molar-refractivity contribution in [2.24, 2.45) is 11.7 Å². The summed E-state index contributed by atoms with van der Waals surface area (Å²) in [4.78, 5) is 11.6. The Bertz CT molecular complexity index is 407. The SMILES string of the molecule is CC(C)C[C@@H](N)C(=O)Nc1ccc(F)cc1F. The number of carbonyl (C=O) groups excluding carboxylic acids is 1. The summed E-state index contributed by atoms with van der Waals surface area (Å²) in [7, 11) is 0. The molecular weight excluding hydrogens is 226 g/mol. The fourth-order valence-corrected chi connectivity index (χ4v) is 1.43. The summed E-state index contributed by atoms with van der Waals surface area (Å²) < 4.78 is 25.9. The third-order valence-corrected chi connectivity index (χ3v) is 2.25. The lowest BCUT2D eigenvalue weighted by molar-refractivity contribution is -0.117. The van der Waals surface area contributed by atoms with E-state index in [4.69, 9.17) is 5.73 Å². The molecule has 1 aromatic carbocycles. The number of amides is 1. The van der Waals surface area contributed by atoms with Gasteiger partial charge in [0.25, 0.3) is 0 Å². The van der Waals surface area contributed by atoms with Gasteiger partial charge in [-0.25, -0.2) is 8.78 Å². The quantitative estimate of drug-likeness (QED) is 0.851. The number of anilines is 1. The van der Waals surface area contributed by atoms with E-state index in [1.165, 1.54) is 6.07 Å². The minimum atomic E-state index is -0.810. The van der Waals surface area contributed by atoms with Crippen LogP contribution < -0.4 is 11.1 Å².